The number of aliphatic carboxylic acids is 1. The first kappa shape index (κ1) is 14.1. The molecule has 0 unspecified atom stereocenters. The molecule has 0 aromatic heterocycles. The SMILES string of the molecule is COCCN(C/C=C/C(=O)O)CCOC. The number of methoxy groups -OCH3 is 2. The Kier molecular flexibility index (Phi) is 9.05. The minimum absolute atomic E-state index is 0.596. The van der Waals surface area contributed by atoms with Gasteiger partial charge < -0.3 is 14.6 Å². The molecule has 0 spiro atoms. The third-order valence-corrected chi connectivity index (χ3v) is 1.85. The van der Waals surface area contributed by atoms with E-state index in [4.69, 9.17) is 14.6 Å². The van der Waals surface area contributed by atoms with Crippen molar-refractivity contribution < 1.29 is 19.4 Å². The van der Waals surface area contributed by atoms with Gasteiger partial charge in [0.05, 0.1) is 13.2 Å². The molecule has 0 saturated carbocycles. The zero-order valence-electron chi connectivity index (χ0n) is 9.31. The maximum absolute atomic E-state index is 10.3. The molecule has 0 aliphatic carbocycles. The van der Waals surface area contributed by atoms with Gasteiger partial charge in [0.2, 0.25) is 0 Å². The molecule has 0 atom stereocenters. The van der Waals surface area contributed by atoms with Crippen LogP contribution >= 0.6 is 0 Å². The van der Waals surface area contributed by atoms with E-state index in [2.05, 4.69) is 4.90 Å². The molecule has 0 aliphatic heterocycles. The molecule has 0 aromatic carbocycles. The van der Waals surface area contributed by atoms with Crippen molar-refractivity contribution in [3.63, 3.8) is 0 Å². The predicted octanol–water partition coefficient (Wildman–Crippen LogP) is 0.222. The van der Waals surface area contributed by atoms with Crippen molar-refractivity contribution in [3.05, 3.63) is 12.2 Å². The zero-order chi connectivity index (χ0) is 11.5. The third-order valence-electron chi connectivity index (χ3n) is 1.85. The normalized spacial score (nSPS) is 11.4. The van der Waals surface area contributed by atoms with Crippen LogP contribution in [0.3, 0.4) is 0 Å². The lowest BCUT2D eigenvalue weighted by molar-refractivity contribution is -0.131. The molecular formula is C10H19NO4. The number of carboxylic acid groups (broad SMARTS) is 1. The topological polar surface area (TPSA) is 59.0 Å². The molecule has 1 N–H and O–H groups in total. The van der Waals surface area contributed by atoms with Crippen LogP contribution in [0.4, 0.5) is 0 Å². The fraction of sp³-hybridized carbons (Fsp3) is 0.700. The van der Waals surface area contributed by atoms with E-state index < -0.39 is 5.97 Å². The molecule has 0 bridgehead atoms. The maximum atomic E-state index is 10.3. The van der Waals surface area contributed by atoms with Gasteiger partial charge in [-0.3, -0.25) is 4.90 Å². The summed E-state index contributed by atoms with van der Waals surface area (Å²) in [4.78, 5) is 12.3. The van der Waals surface area contributed by atoms with Crippen LogP contribution in [0.25, 0.3) is 0 Å². The minimum atomic E-state index is -0.923. The zero-order valence-corrected chi connectivity index (χ0v) is 9.31. The van der Waals surface area contributed by atoms with Crippen LogP contribution in [0.2, 0.25) is 0 Å². The number of nitrogens with zero attached hydrogens (tertiary/aromatic N) is 1. The average molecular weight is 217 g/mol. The summed E-state index contributed by atoms with van der Waals surface area (Å²) in [6.45, 7) is 3.39. The van der Waals surface area contributed by atoms with Crippen molar-refractivity contribution in [1.82, 2.24) is 4.90 Å². The highest BCUT2D eigenvalue weighted by Crippen LogP contribution is 1.90. The van der Waals surface area contributed by atoms with Gasteiger partial charge in [-0.2, -0.15) is 0 Å². The summed E-state index contributed by atoms with van der Waals surface area (Å²) in [6.07, 6.45) is 2.76. The average Bonchev–Trinajstić information content (AvgIpc) is 2.20. The van der Waals surface area contributed by atoms with Crippen molar-refractivity contribution >= 4 is 5.97 Å². The molecule has 0 aromatic rings. The molecule has 0 amide bonds. The summed E-state index contributed by atoms with van der Waals surface area (Å²) in [5.41, 5.74) is 0. The van der Waals surface area contributed by atoms with Crippen molar-refractivity contribution in [3.8, 4) is 0 Å². The summed E-state index contributed by atoms with van der Waals surface area (Å²) >= 11 is 0. The van der Waals surface area contributed by atoms with Crippen LogP contribution in [-0.4, -0.2) is 63.0 Å². The molecular weight excluding hydrogens is 198 g/mol. The fourth-order valence-corrected chi connectivity index (χ4v) is 1.04. The molecule has 5 nitrogen and oxygen atoms in total. The van der Waals surface area contributed by atoms with E-state index in [1.54, 1.807) is 20.3 Å². The lowest BCUT2D eigenvalue weighted by Crippen LogP contribution is -2.31. The summed E-state index contributed by atoms with van der Waals surface area (Å²) in [6, 6.07) is 0. The first-order chi connectivity index (χ1) is 7.20. The smallest absolute Gasteiger partial charge is 0.328 e. The Morgan fingerprint density at radius 2 is 1.80 bits per heavy atom. The molecule has 15 heavy (non-hydrogen) atoms. The maximum Gasteiger partial charge on any atom is 0.328 e. The number of hydrogen-bond acceptors (Lipinski definition) is 4. The molecule has 0 rings (SSSR count). The Morgan fingerprint density at radius 3 is 2.20 bits per heavy atom. The minimum Gasteiger partial charge on any atom is -0.478 e. The summed E-state index contributed by atoms with van der Waals surface area (Å²) in [5, 5.41) is 8.42. The largest absolute Gasteiger partial charge is 0.478 e. The summed E-state index contributed by atoms with van der Waals surface area (Å²) in [5.74, 6) is -0.923. The Morgan fingerprint density at radius 1 is 1.27 bits per heavy atom. The number of ether oxygens (including phenoxy) is 2. The van der Waals surface area contributed by atoms with Gasteiger partial charge in [-0.05, 0) is 0 Å². The molecule has 0 fully saturated rings. The molecule has 5 heteroatoms. The lowest BCUT2D eigenvalue weighted by Gasteiger charge is -2.19. The molecule has 0 heterocycles. The van der Waals surface area contributed by atoms with E-state index >= 15 is 0 Å². The van der Waals surface area contributed by atoms with Crippen LogP contribution < -0.4 is 0 Å². The van der Waals surface area contributed by atoms with Crippen LogP contribution in [0, 0.1) is 0 Å². The highest BCUT2D eigenvalue weighted by molar-refractivity contribution is 5.79. The molecule has 88 valence electrons. The third kappa shape index (κ3) is 9.40. The Hall–Kier alpha value is -0.910. The molecule has 0 saturated heterocycles. The van der Waals surface area contributed by atoms with E-state index in [-0.39, 0.29) is 0 Å². The highest BCUT2D eigenvalue weighted by Gasteiger charge is 2.01. The predicted molar refractivity (Wildman–Crippen MR) is 57.0 cm³/mol. The quantitative estimate of drug-likeness (QED) is 0.560. The van der Waals surface area contributed by atoms with Gasteiger partial charge in [0.25, 0.3) is 0 Å². The van der Waals surface area contributed by atoms with E-state index in [9.17, 15) is 4.79 Å². The summed E-state index contributed by atoms with van der Waals surface area (Å²) < 4.78 is 9.91. The standard InChI is InChI=1S/C10H19NO4/c1-14-8-6-11(7-9-15-2)5-3-4-10(12)13/h3-4H,5-9H2,1-2H3,(H,12,13)/b4-3+. The second-order valence-corrected chi connectivity index (χ2v) is 3.03. The first-order valence-corrected chi connectivity index (χ1v) is 4.80. The van der Waals surface area contributed by atoms with E-state index in [1.165, 1.54) is 0 Å². The van der Waals surface area contributed by atoms with Crippen LogP contribution in [0.1, 0.15) is 0 Å². The van der Waals surface area contributed by atoms with Gasteiger partial charge in [-0.15, -0.1) is 0 Å². The van der Waals surface area contributed by atoms with Crippen molar-refractivity contribution in [2.45, 2.75) is 0 Å². The van der Waals surface area contributed by atoms with Crippen molar-refractivity contribution in [1.29, 1.82) is 0 Å². The van der Waals surface area contributed by atoms with Gasteiger partial charge in [0.1, 0.15) is 0 Å². The Balaban J connectivity index is 3.82. The molecule has 0 aliphatic rings. The lowest BCUT2D eigenvalue weighted by atomic mass is 10.4. The number of rotatable bonds is 9. The van der Waals surface area contributed by atoms with E-state index in [1.807, 2.05) is 0 Å². The number of carboxylic acids is 1. The van der Waals surface area contributed by atoms with Gasteiger partial charge in [-0.1, -0.05) is 6.08 Å². The number of hydrogen-bond donors (Lipinski definition) is 1. The van der Waals surface area contributed by atoms with Crippen LogP contribution in [-0.2, 0) is 14.3 Å². The Bertz CT molecular complexity index is 186. The highest BCUT2D eigenvalue weighted by atomic mass is 16.5. The van der Waals surface area contributed by atoms with Crippen molar-refractivity contribution in [2.24, 2.45) is 0 Å². The van der Waals surface area contributed by atoms with Gasteiger partial charge in [0.15, 0.2) is 0 Å². The monoisotopic (exact) mass is 217 g/mol. The van der Waals surface area contributed by atoms with Crippen LogP contribution in [0.15, 0.2) is 12.2 Å². The van der Waals surface area contributed by atoms with Crippen molar-refractivity contribution in [2.75, 3.05) is 47.1 Å². The van der Waals surface area contributed by atoms with E-state index in [0.29, 0.717) is 19.8 Å². The molecule has 0 radical (unpaired) electrons. The number of carbonyl (C=O) groups is 1. The van der Waals surface area contributed by atoms with E-state index in [0.717, 1.165) is 19.2 Å². The second-order valence-electron chi connectivity index (χ2n) is 3.03. The van der Waals surface area contributed by atoms with Gasteiger partial charge in [-0.25, -0.2) is 4.79 Å². The van der Waals surface area contributed by atoms with Gasteiger partial charge >= 0.3 is 5.97 Å². The van der Waals surface area contributed by atoms with Gasteiger partial charge in [0, 0.05) is 39.9 Å². The first-order valence-electron chi connectivity index (χ1n) is 4.80. The Labute approximate surface area is 90.3 Å². The second kappa shape index (κ2) is 9.64. The fourth-order valence-electron chi connectivity index (χ4n) is 1.04. The summed E-state index contributed by atoms with van der Waals surface area (Å²) in [7, 11) is 3.28. The van der Waals surface area contributed by atoms with Crippen LogP contribution in [0.5, 0.6) is 0 Å².